The first-order valence-electron chi connectivity index (χ1n) is 5.25. The molecule has 2 aromatic carbocycles. The fourth-order valence-corrected chi connectivity index (χ4v) is 1.93. The van der Waals surface area contributed by atoms with Crippen LogP contribution >= 0.6 is 22.6 Å². The van der Waals surface area contributed by atoms with Crippen LogP contribution in [-0.4, -0.2) is 12.9 Å². The van der Waals surface area contributed by atoms with E-state index in [2.05, 4.69) is 22.6 Å². The summed E-state index contributed by atoms with van der Waals surface area (Å²) in [4.78, 5) is 12.2. The van der Waals surface area contributed by atoms with Gasteiger partial charge in [-0.15, -0.1) is 0 Å². The number of rotatable bonds is 3. The Morgan fingerprint density at radius 1 is 1.11 bits per heavy atom. The predicted octanol–water partition coefficient (Wildman–Crippen LogP) is 3.67. The monoisotopic (exact) mass is 356 g/mol. The Morgan fingerprint density at radius 2 is 1.72 bits per heavy atom. The first-order valence-corrected chi connectivity index (χ1v) is 6.33. The number of carbonyl (C=O) groups excluding carboxylic acids is 1. The minimum atomic E-state index is -0.475. The first-order chi connectivity index (χ1) is 8.61. The maximum absolute atomic E-state index is 13.3. The Morgan fingerprint density at radius 3 is 2.33 bits per heavy atom. The molecule has 2 aromatic rings. The summed E-state index contributed by atoms with van der Waals surface area (Å²) in [5, 5.41) is 0. The van der Waals surface area contributed by atoms with Crippen molar-refractivity contribution in [3.05, 3.63) is 63.0 Å². The molecule has 92 valence electrons. The molecule has 0 saturated carbocycles. The number of halogens is 2. The predicted molar refractivity (Wildman–Crippen MR) is 75.5 cm³/mol. The van der Waals surface area contributed by atoms with Gasteiger partial charge in [-0.3, -0.25) is 4.79 Å². The summed E-state index contributed by atoms with van der Waals surface area (Å²) in [5.41, 5.74) is 0.985. The average Bonchev–Trinajstić information content (AvgIpc) is 2.39. The number of ketones is 1. The van der Waals surface area contributed by atoms with Crippen LogP contribution in [0, 0.1) is 9.39 Å². The van der Waals surface area contributed by atoms with E-state index in [1.807, 2.05) is 12.1 Å². The van der Waals surface area contributed by atoms with Crippen molar-refractivity contribution in [3.8, 4) is 5.75 Å². The molecule has 0 fully saturated rings. The number of hydrogen-bond donors (Lipinski definition) is 0. The van der Waals surface area contributed by atoms with Gasteiger partial charge in [0.2, 0.25) is 0 Å². The maximum Gasteiger partial charge on any atom is 0.193 e. The van der Waals surface area contributed by atoms with Gasteiger partial charge in [0, 0.05) is 14.7 Å². The SMILES string of the molecule is COc1cc(C(=O)c2ccc(I)cc2)ccc1F. The fourth-order valence-electron chi connectivity index (χ4n) is 1.57. The van der Waals surface area contributed by atoms with E-state index in [1.54, 1.807) is 12.1 Å². The average molecular weight is 356 g/mol. The summed E-state index contributed by atoms with van der Waals surface area (Å²) in [6.45, 7) is 0. The van der Waals surface area contributed by atoms with E-state index in [0.29, 0.717) is 11.1 Å². The van der Waals surface area contributed by atoms with Gasteiger partial charge in [0.15, 0.2) is 17.3 Å². The third-order valence-corrected chi connectivity index (χ3v) is 3.24. The number of carbonyl (C=O) groups is 1. The third-order valence-electron chi connectivity index (χ3n) is 2.52. The Balaban J connectivity index is 2.37. The van der Waals surface area contributed by atoms with Gasteiger partial charge >= 0.3 is 0 Å². The van der Waals surface area contributed by atoms with Crippen molar-refractivity contribution in [2.45, 2.75) is 0 Å². The van der Waals surface area contributed by atoms with Crippen molar-refractivity contribution in [1.29, 1.82) is 0 Å². The Bertz CT molecular complexity index is 579. The lowest BCUT2D eigenvalue weighted by atomic mass is 10.0. The highest BCUT2D eigenvalue weighted by Crippen LogP contribution is 2.20. The van der Waals surface area contributed by atoms with E-state index in [-0.39, 0.29) is 11.5 Å². The van der Waals surface area contributed by atoms with E-state index >= 15 is 0 Å². The van der Waals surface area contributed by atoms with Gasteiger partial charge in [0.25, 0.3) is 0 Å². The van der Waals surface area contributed by atoms with E-state index < -0.39 is 5.82 Å². The maximum atomic E-state index is 13.3. The summed E-state index contributed by atoms with van der Waals surface area (Å²) in [7, 11) is 1.37. The molecule has 4 heteroatoms. The van der Waals surface area contributed by atoms with Gasteiger partial charge < -0.3 is 4.74 Å². The van der Waals surface area contributed by atoms with Gasteiger partial charge in [0.1, 0.15) is 0 Å². The zero-order valence-electron chi connectivity index (χ0n) is 9.61. The molecule has 0 aliphatic heterocycles. The molecular weight excluding hydrogens is 346 g/mol. The van der Waals surface area contributed by atoms with Gasteiger partial charge in [-0.05, 0) is 65.1 Å². The molecular formula is C14H10FIO2. The Hall–Kier alpha value is -1.43. The van der Waals surface area contributed by atoms with Crippen LogP contribution in [0.4, 0.5) is 4.39 Å². The summed E-state index contributed by atoms with van der Waals surface area (Å²) < 4.78 is 19.2. The molecule has 2 nitrogen and oxygen atoms in total. The van der Waals surface area contributed by atoms with Crippen molar-refractivity contribution in [3.63, 3.8) is 0 Å². The molecule has 0 atom stereocenters. The lowest BCUT2D eigenvalue weighted by molar-refractivity contribution is 0.103. The van der Waals surface area contributed by atoms with Crippen molar-refractivity contribution in [1.82, 2.24) is 0 Å². The molecule has 0 spiro atoms. The van der Waals surface area contributed by atoms with Crippen LogP contribution < -0.4 is 4.74 Å². The second-order valence-corrected chi connectivity index (χ2v) is 4.93. The molecule has 18 heavy (non-hydrogen) atoms. The van der Waals surface area contributed by atoms with Gasteiger partial charge in [-0.2, -0.15) is 0 Å². The largest absolute Gasteiger partial charge is 0.494 e. The summed E-state index contributed by atoms with van der Waals surface area (Å²) in [6, 6.07) is 11.3. The van der Waals surface area contributed by atoms with Crippen molar-refractivity contribution >= 4 is 28.4 Å². The Labute approximate surface area is 118 Å². The van der Waals surface area contributed by atoms with E-state index in [4.69, 9.17) is 4.74 Å². The topological polar surface area (TPSA) is 26.3 Å². The number of ether oxygens (including phenoxy) is 1. The normalized spacial score (nSPS) is 10.2. The van der Waals surface area contributed by atoms with E-state index in [0.717, 1.165) is 3.57 Å². The molecule has 0 aromatic heterocycles. The smallest absolute Gasteiger partial charge is 0.193 e. The highest BCUT2D eigenvalue weighted by Gasteiger charge is 2.12. The second-order valence-electron chi connectivity index (χ2n) is 3.69. The van der Waals surface area contributed by atoms with Crippen LogP contribution in [-0.2, 0) is 0 Å². The molecule has 2 rings (SSSR count). The van der Waals surface area contributed by atoms with Crippen LogP contribution in [0.3, 0.4) is 0 Å². The molecule has 0 bridgehead atoms. The van der Waals surface area contributed by atoms with Gasteiger partial charge in [-0.1, -0.05) is 0 Å². The lowest BCUT2D eigenvalue weighted by Crippen LogP contribution is -2.02. The second kappa shape index (κ2) is 5.48. The van der Waals surface area contributed by atoms with Crippen LogP contribution in [0.15, 0.2) is 42.5 Å². The number of methoxy groups -OCH3 is 1. The molecule has 0 amide bonds. The molecule has 0 unspecified atom stereocenters. The number of benzene rings is 2. The third kappa shape index (κ3) is 2.69. The van der Waals surface area contributed by atoms with Crippen molar-refractivity contribution < 1.29 is 13.9 Å². The van der Waals surface area contributed by atoms with Crippen molar-refractivity contribution in [2.75, 3.05) is 7.11 Å². The van der Waals surface area contributed by atoms with Crippen LogP contribution in [0.25, 0.3) is 0 Å². The first kappa shape index (κ1) is 13.0. The molecule has 0 aliphatic carbocycles. The van der Waals surface area contributed by atoms with E-state index in [1.165, 1.54) is 25.3 Å². The van der Waals surface area contributed by atoms with Gasteiger partial charge in [0.05, 0.1) is 7.11 Å². The Kier molecular flexibility index (Phi) is 3.96. The van der Waals surface area contributed by atoms with Crippen LogP contribution in [0.2, 0.25) is 0 Å². The standard InChI is InChI=1S/C14H10FIO2/c1-18-13-8-10(4-7-12(13)15)14(17)9-2-5-11(16)6-3-9/h2-8H,1H3. The quantitative estimate of drug-likeness (QED) is 0.620. The molecule has 0 aliphatic rings. The van der Waals surface area contributed by atoms with E-state index in [9.17, 15) is 9.18 Å². The van der Waals surface area contributed by atoms with Gasteiger partial charge in [-0.25, -0.2) is 4.39 Å². The number of hydrogen-bond acceptors (Lipinski definition) is 2. The molecule has 0 saturated heterocycles. The van der Waals surface area contributed by atoms with Crippen LogP contribution in [0.5, 0.6) is 5.75 Å². The van der Waals surface area contributed by atoms with Crippen LogP contribution in [0.1, 0.15) is 15.9 Å². The summed E-state index contributed by atoms with van der Waals surface area (Å²) in [5.74, 6) is -0.548. The highest BCUT2D eigenvalue weighted by atomic mass is 127. The molecule has 0 heterocycles. The lowest BCUT2D eigenvalue weighted by Gasteiger charge is -2.05. The minimum Gasteiger partial charge on any atom is -0.494 e. The highest BCUT2D eigenvalue weighted by molar-refractivity contribution is 14.1. The summed E-state index contributed by atoms with van der Waals surface area (Å²) in [6.07, 6.45) is 0. The van der Waals surface area contributed by atoms with Crippen molar-refractivity contribution in [2.24, 2.45) is 0 Å². The molecule has 0 N–H and O–H groups in total. The fraction of sp³-hybridized carbons (Fsp3) is 0.0714. The minimum absolute atomic E-state index is 0.0753. The zero-order chi connectivity index (χ0) is 13.1. The zero-order valence-corrected chi connectivity index (χ0v) is 11.8. The summed E-state index contributed by atoms with van der Waals surface area (Å²) >= 11 is 2.17. The molecule has 0 radical (unpaired) electrons.